The number of imidazole rings is 1. The van der Waals surface area contributed by atoms with Crippen molar-refractivity contribution < 1.29 is 9.53 Å². The summed E-state index contributed by atoms with van der Waals surface area (Å²) < 4.78 is 7.10. The molecule has 102 valence electrons. The van der Waals surface area contributed by atoms with Gasteiger partial charge in [0.05, 0.1) is 23.5 Å². The molecule has 1 atom stereocenters. The molecule has 5 nitrogen and oxygen atoms in total. The molecule has 0 radical (unpaired) electrons. The second-order valence-electron chi connectivity index (χ2n) is 4.31. The zero-order valence-electron chi connectivity index (χ0n) is 10.9. The number of carbonyl (C=O) groups excluding carboxylic acids is 1. The minimum Gasteiger partial charge on any atom is -0.497 e. The minimum atomic E-state index is -0.344. The van der Waals surface area contributed by atoms with Crippen LogP contribution in [0.3, 0.4) is 0 Å². The summed E-state index contributed by atoms with van der Waals surface area (Å²) in [4.78, 5) is 15.4. The fraction of sp³-hybridized carbons (Fsp3) is 0.385. The van der Waals surface area contributed by atoms with Crippen LogP contribution in [0.1, 0.15) is 24.5 Å². The van der Waals surface area contributed by atoms with E-state index in [-0.39, 0.29) is 17.7 Å². The maximum absolute atomic E-state index is 10.9. The Balaban J connectivity index is 2.50. The molecule has 0 aliphatic carbocycles. The first-order chi connectivity index (χ1) is 9.02. The first-order valence-electron chi connectivity index (χ1n) is 5.99. The highest BCUT2D eigenvalue weighted by molar-refractivity contribution is 6.20. The molecule has 2 aromatic rings. The van der Waals surface area contributed by atoms with Gasteiger partial charge in [0.2, 0.25) is 5.91 Å². The van der Waals surface area contributed by atoms with Crippen molar-refractivity contribution in [3.63, 3.8) is 0 Å². The average molecular weight is 282 g/mol. The van der Waals surface area contributed by atoms with Crippen LogP contribution in [0, 0.1) is 0 Å². The topological polar surface area (TPSA) is 70.1 Å². The number of aryl methyl sites for hydroxylation is 1. The minimum absolute atomic E-state index is 0.244. The van der Waals surface area contributed by atoms with E-state index in [0.717, 1.165) is 22.6 Å². The Kier molecular flexibility index (Phi) is 3.95. The van der Waals surface area contributed by atoms with Crippen molar-refractivity contribution in [2.45, 2.75) is 25.3 Å². The summed E-state index contributed by atoms with van der Waals surface area (Å²) in [6, 6.07) is 5.61. The molecule has 1 aromatic heterocycles. The predicted molar refractivity (Wildman–Crippen MR) is 74.4 cm³/mol. The maximum atomic E-state index is 10.9. The number of primary amides is 1. The van der Waals surface area contributed by atoms with Crippen LogP contribution >= 0.6 is 11.6 Å². The van der Waals surface area contributed by atoms with E-state index in [1.54, 1.807) is 7.11 Å². The molecule has 2 rings (SSSR count). The Bertz CT molecular complexity index is 607. The van der Waals surface area contributed by atoms with Gasteiger partial charge in [0, 0.05) is 19.0 Å². The molecule has 0 aliphatic heterocycles. The van der Waals surface area contributed by atoms with Gasteiger partial charge in [0.15, 0.2) is 0 Å². The molecule has 6 heteroatoms. The number of hydrogen-bond acceptors (Lipinski definition) is 3. The Morgan fingerprint density at radius 3 is 2.89 bits per heavy atom. The quantitative estimate of drug-likeness (QED) is 0.854. The van der Waals surface area contributed by atoms with E-state index in [9.17, 15) is 4.79 Å². The van der Waals surface area contributed by atoms with Crippen molar-refractivity contribution in [1.82, 2.24) is 9.55 Å². The maximum Gasteiger partial charge on any atom is 0.219 e. The predicted octanol–water partition coefficient (Wildman–Crippen LogP) is 2.22. The number of amides is 1. The first kappa shape index (κ1) is 13.7. The number of ether oxygens (including phenoxy) is 1. The van der Waals surface area contributed by atoms with Crippen molar-refractivity contribution in [3.05, 3.63) is 24.0 Å². The highest BCUT2D eigenvalue weighted by atomic mass is 35.5. The molecule has 2 N–H and O–H groups in total. The molecule has 0 saturated heterocycles. The van der Waals surface area contributed by atoms with Gasteiger partial charge < -0.3 is 15.0 Å². The smallest absolute Gasteiger partial charge is 0.219 e. The largest absolute Gasteiger partial charge is 0.497 e. The fourth-order valence-electron chi connectivity index (χ4n) is 2.02. The van der Waals surface area contributed by atoms with Crippen molar-refractivity contribution in [2.24, 2.45) is 5.73 Å². The number of hydrogen-bond donors (Lipinski definition) is 1. The van der Waals surface area contributed by atoms with E-state index < -0.39 is 0 Å². The standard InChI is InChI=1S/C13H16ClN3O2/c1-8(14)13-16-10-7-9(19-2)3-4-11(10)17(13)6-5-12(15)18/h3-4,7-8H,5-6H2,1-2H3,(H2,15,18). The molecular formula is C13H16ClN3O2. The fourth-order valence-corrected chi connectivity index (χ4v) is 2.18. The monoisotopic (exact) mass is 281 g/mol. The zero-order valence-corrected chi connectivity index (χ0v) is 11.6. The lowest BCUT2D eigenvalue weighted by Crippen LogP contribution is -2.15. The number of nitrogens with two attached hydrogens (primary N) is 1. The normalized spacial score (nSPS) is 12.6. The van der Waals surface area contributed by atoms with Gasteiger partial charge in [-0.05, 0) is 19.1 Å². The van der Waals surface area contributed by atoms with Gasteiger partial charge in [0.1, 0.15) is 11.6 Å². The lowest BCUT2D eigenvalue weighted by molar-refractivity contribution is -0.118. The van der Waals surface area contributed by atoms with Gasteiger partial charge >= 0.3 is 0 Å². The number of benzene rings is 1. The van der Waals surface area contributed by atoms with Gasteiger partial charge in [-0.3, -0.25) is 4.79 Å². The third-order valence-corrected chi connectivity index (χ3v) is 3.12. The summed E-state index contributed by atoms with van der Waals surface area (Å²) in [5.74, 6) is 1.12. The van der Waals surface area contributed by atoms with Crippen LogP contribution in [0.25, 0.3) is 11.0 Å². The molecule has 0 fully saturated rings. The van der Waals surface area contributed by atoms with E-state index >= 15 is 0 Å². The van der Waals surface area contributed by atoms with Crippen LogP contribution in [0.2, 0.25) is 0 Å². The molecule has 1 heterocycles. The summed E-state index contributed by atoms with van der Waals surface area (Å²) in [5, 5.41) is -0.244. The zero-order chi connectivity index (χ0) is 14.0. The van der Waals surface area contributed by atoms with Crippen LogP contribution in [-0.4, -0.2) is 22.6 Å². The van der Waals surface area contributed by atoms with Crippen molar-refractivity contribution in [1.29, 1.82) is 0 Å². The van der Waals surface area contributed by atoms with E-state index in [4.69, 9.17) is 22.1 Å². The van der Waals surface area contributed by atoms with Gasteiger partial charge in [-0.1, -0.05) is 0 Å². The molecular weight excluding hydrogens is 266 g/mol. The highest BCUT2D eigenvalue weighted by Crippen LogP contribution is 2.27. The van der Waals surface area contributed by atoms with E-state index in [1.807, 2.05) is 29.7 Å². The SMILES string of the molecule is COc1ccc2c(c1)nc(C(C)Cl)n2CCC(N)=O. The van der Waals surface area contributed by atoms with Gasteiger partial charge in [-0.15, -0.1) is 11.6 Å². The Morgan fingerprint density at radius 2 is 2.32 bits per heavy atom. The van der Waals surface area contributed by atoms with Crippen LogP contribution < -0.4 is 10.5 Å². The number of carbonyl (C=O) groups is 1. The molecule has 0 aliphatic rings. The molecule has 1 amide bonds. The number of nitrogens with zero attached hydrogens (tertiary/aromatic N) is 2. The molecule has 0 saturated carbocycles. The molecule has 1 unspecified atom stereocenters. The summed E-state index contributed by atoms with van der Waals surface area (Å²) in [6.07, 6.45) is 0.258. The third-order valence-electron chi connectivity index (χ3n) is 2.92. The van der Waals surface area contributed by atoms with E-state index in [0.29, 0.717) is 6.54 Å². The Labute approximate surface area is 116 Å². The average Bonchev–Trinajstić information content (AvgIpc) is 2.73. The first-order valence-corrected chi connectivity index (χ1v) is 6.43. The number of fused-ring (bicyclic) bond motifs is 1. The Morgan fingerprint density at radius 1 is 1.58 bits per heavy atom. The molecule has 0 bridgehead atoms. The Hall–Kier alpha value is -1.75. The van der Waals surface area contributed by atoms with E-state index in [1.165, 1.54) is 0 Å². The lowest BCUT2D eigenvalue weighted by atomic mass is 10.3. The lowest BCUT2D eigenvalue weighted by Gasteiger charge is -2.09. The summed E-state index contributed by atoms with van der Waals surface area (Å²) in [5.41, 5.74) is 6.92. The number of rotatable bonds is 5. The summed E-state index contributed by atoms with van der Waals surface area (Å²) in [7, 11) is 1.61. The van der Waals surface area contributed by atoms with Crippen molar-refractivity contribution in [3.8, 4) is 5.75 Å². The number of methoxy groups -OCH3 is 1. The number of aromatic nitrogens is 2. The van der Waals surface area contributed by atoms with Crippen LogP contribution in [0.15, 0.2) is 18.2 Å². The number of halogens is 1. The van der Waals surface area contributed by atoms with Crippen molar-refractivity contribution in [2.75, 3.05) is 7.11 Å². The van der Waals surface area contributed by atoms with Crippen LogP contribution in [-0.2, 0) is 11.3 Å². The van der Waals surface area contributed by atoms with Crippen LogP contribution in [0.4, 0.5) is 0 Å². The second-order valence-corrected chi connectivity index (χ2v) is 4.96. The summed E-state index contributed by atoms with van der Waals surface area (Å²) in [6.45, 7) is 2.32. The van der Waals surface area contributed by atoms with Gasteiger partial charge in [-0.25, -0.2) is 4.98 Å². The van der Waals surface area contributed by atoms with E-state index in [2.05, 4.69) is 4.98 Å². The molecule has 0 spiro atoms. The van der Waals surface area contributed by atoms with Crippen molar-refractivity contribution >= 4 is 28.5 Å². The van der Waals surface area contributed by atoms with Gasteiger partial charge in [-0.2, -0.15) is 0 Å². The highest BCUT2D eigenvalue weighted by Gasteiger charge is 2.15. The number of alkyl halides is 1. The second kappa shape index (κ2) is 5.48. The molecule has 19 heavy (non-hydrogen) atoms. The van der Waals surface area contributed by atoms with Gasteiger partial charge in [0.25, 0.3) is 0 Å². The third kappa shape index (κ3) is 2.81. The molecule has 1 aromatic carbocycles. The summed E-state index contributed by atoms with van der Waals surface area (Å²) >= 11 is 6.14. The van der Waals surface area contributed by atoms with Crippen LogP contribution in [0.5, 0.6) is 5.75 Å².